The molecule has 1 heterocycles. The van der Waals surface area contributed by atoms with E-state index in [1.165, 1.54) is 6.92 Å². The predicted octanol–water partition coefficient (Wildman–Crippen LogP) is -1.12. The second-order valence-corrected chi connectivity index (χ2v) is 7.60. The zero-order chi connectivity index (χ0) is 22.4. The maximum absolute atomic E-state index is 12.0. The van der Waals surface area contributed by atoms with Crippen molar-refractivity contribution in [1.29, 1.82) is 0 Å². The second kappa shape index (κ2) is 13.8. The van der Waals surface area contributed by atoms with Crippen LogP contribution in [0.5, 0.6) is 0 Å². The molecule has 0 aliphatic rings. The molecular formula is C17H27N4O8P. The first-order valence-electron chi connectivity index (χ1n) is 9.18. The van der Waals surface area contributed by atoms with E-state index in [-0.39, 0.29) is 19.7 Å². The highest BCUT2D eigenvalue weighted by Crippen LogP contribution is 2.44. The molecule has 12 nitrogen and oxygen atoms in total. The van der Waals surface area contributed by atoms with Gasteiger partial charge in [0.1, 0.15) is 6.04 Å². The number of aliphatic hydroxyl groups excluding tert-OH is 1. The Bertz CT molecular complexity index is 721. The third kappa shape index (κ3) is 11.0. The monoisotopic (exact) mass is 446 g/mol. The van der Waals surface area contributed by atoms with Crippen molar-refractivity contribution in [1.82, 2.24) is 20.9 Å². The number of phosphoric acid groups is 1. The van der Waals surface area contributed by atoms with Gasteiger partial charge in [0.2, 0.25) is 18.2 Å². The molecule has 0 radical (unpaired) electrons. The number of carbonyl (C=O) groups excluding carboxylic acids is 3. The van der Waals surface area contributed by atoms with Gasteiger partial charge in [0.05, 0.1) is 25.9 Å². The van der Waals surface area contributed by atoms with E-state index in [2.05, 4.69) is 20.9 Å². The van der Waals surface area contributed by atoms with Crippen LogP contribution in [0.15, 0.2) is 24.4 Å². The van der Waals surface area contributed by atoms with E-state index in [9.17, 15) is 28.9 Å². The Kier molecular flexibility index (Phi) is 11.8. The highest BCUT2D eigenvalue weighted by Gasteiger charge is 2.26. The molecule has 5 N–H and O–H groups in total. The molecule has 168 valence electrons. The van der Waals surface area contributed by atoms with Crippen LogP contribution in [0.3, 0.4) is 0 Å². The number of phosphoric ester groups is 1. The Labute approximate surface area is 174 Å². The molecule has 13 heteroatoms. The molecule has 0 aromatic carbocycles. The molecule has 3 atom stereocenters. The smallest absolute Gasteiger partial charge is 0.394 e. The highest BCUT2D eigenvalue weighted by atomic mass is 31.2. The van der Waals surface area contributed by atoms with Gasteiger partial charge in [0, 0.05) is 18.4 Å². The van der Waals surface area contributed by atoms with E-state index in [4.69, 9.17) is 9.05 Å². The zero-order valence-electron chi connectivity index (χ0n) is 16.5. The SMILES string of the molecule is CC(CNC(=O)C(CO)NC(=O)CNC=O)OP(=O)(O)OCCCc1ccccn1. The molecule has 1 rings (SSSR count). The van der Waals surface area contributed by atoms with Crippen LogP contribution in [0.4, 0.5) is 0 Å². The van der Waals surface area contributed by atoms with Crippen molar-refractivity contribution >= 4 is 26.0 Å². The molecule has 30 heavy (non-hydrogen) atoms. The van der Waals surface area contributed by atoms with Gasteiger partial charge in [-0.25, -0.2) is 4.57 Å². The number of amides is 3. The Morgan fingerprint density at radius 2 is 2.13 bits per heavy atom. The summed E-state index contributed by atoms with van der Waals surface area (Å²) in [4.78, 5) is 47.5. The van der Waals surface area contributed by atoms with E-state index >= 15 is 0 Å². The van der Waals surface area contributed by atoms with E-state index in [0.717, 1.165) is 5.69 Å². The lowest BCUT2D eigenvalue weighted by atomic mass is 10.2. The van der Waals surface area contributed by atoms with E-state index in [1.54, 1.807) is 12.3 Å². The summed E-state index contributed by atoms with van der Waals surface area (Å²) in [6, 6.07) is 4.22. The molecule has 0 bridgehead atoms. The fourth-order valence-electron chi connectivity index (χ4n) is 2.22. The maximum Gasteiger partial charge on any atom is 0.472 e. The zero-order valence-corrected chi connectivity index (χ0v) is 17.4. The molecule has 0 spiro atoms. The van der Waals surface area contributed by atoms with Crippen molar-refractivity contribution in [3.8, 4) is 0 Å². The van der Waals surface area contributed by atoms with Crippen LogP contribution >= 0.6 is 7.82 Å². The maximum atomic E-state index is 12.0. The number of pyridine rings is 1. The van der Waals surface area contributed by atoms with Crippen molar-refractivity contribution < 1.29 is 38.0 Å². The topological polar surface area (TPSA) is 176 Å². The van der Waals surface area contributed by atoms with Gasteiger partial charge in [-0.1, -0.05) is 6.07 Å². The van der Waals surface area contributed by atoms with Crippen molar-refractivity contribution in [3.05, 3.63) is 30.1 Å². The Hall–Kier alpha value is -2.37. The summed E-state index contributed by atoms with van der Waals surface area (Å²) in [5, 5.41) is 15.9. The lowest BCUT2D eigenvalue weighted by molar-refractivity contribution is -0.130. The first-order valence-corrected chi connectivity index (χ1v) is 10.7. The molecule has 3 unspecified atom stereocenters. The van der Waals surface area contributed by atoms with Crippen LogP contribution in [0.2, 0.25) is 0 Å². The van der Waals surface area contributed by atoms with Gasteiger partial charge in [0.25, 0.3) is 0 Å². The lowest BCUT2D eigenvalue weighted by Crippen LogP contribution is -2.51. The molecule has 0 aliphatic carbocycles. The van der Waals surface area contributed by atoms with Gasteiger partial charge in [-0.15, -0.1) is 0 Å². The minimum atomic E-state index is -4.33. The Balaban J connectivity index is 2.32. The van der Waals surface area contributed by atoms with Gasteiger partial charge >= 0.3 is 7.82 Å². The summed E-state index contributed by atoms with van der Waals surface area (Å²) in [6.45, 7) is 0.237. The second-order valence-electron chi connectivity index (χ2n) is 6.19. The average molecular weight is 446 g/mol. The van der Waals surface area contributed by atoms with Crippen molar-refractivity contribution in [3.63, 3.8) is 0 Å². The molecule has 1 aromatic heterocycles. The molecular weight excluding hydrogens is 419 g/mol. The van der Waals surface area contributed by atoms with Gasteiger partial charge in [0.15, 0.2) is 0 Å². The standard InChI is InChI=1S/C17H27N4O8P/c1-13(9-20-17(25)15(11-22)21-16(24)10-18-12-23)29-30(26,27)28-8-4-6-14-5-2-3-7-19-14/h2-3,5,7,12-13,15,22H,4,6,8-11H2,1H3,(H,18,23)(H,20,25)(H,21,24)(H,26,27). The quantitative estimate of drug-likeness (QED) is 0.127. The van der Waals surface area contributed by atoms with Gasteiger partial charge in [-0.2, -0.15) is 0 Å². The molecule has 0 fully saturated rings. The average Bonchev–Trinajstić information content (AvgIpc) is 2.72. The van der Waals surface area contributed by atoms with E-state index in [1.807, 2.05) is 12.1 Å². The molecule has 1 aromatic rings. The van der Waals surface area contributed by atoms with Gasteiger partial charge < -0.3 is 26.0 Å². The lowest BCUT2D eigenvalue weighted by Gasteiger charge is -2.20. The molecule has 0 saturated carbocycles. The summed E-state index contributed by atoms with van der Waals surface area (Å²) in [5.74, 6) is -1.39. The molecule has 0 saturated heterocycles. The molecule has 0 aliphatic heterocycles. The van der Waals surface area contributed by atoms with Crippen LogP contribution in [-0.4, -0.2) is 71.7 Å². The summed E-state index contributed by atoms with van der Waals surface area (Å²) in [7, 11) is -4.33. The van der Waals surface area contributed by atoms with Crippen LogP contribution in [0, 0.1) is 0 Å². The van der Waals surface area contributed by atoms with Crippen LogP contribution in [-0.2, 0) is 34.4 Å². The van der Waals surface area contributed by atoms with Gasteiger partial charge in [-0.3, -0.25) is 28.4 Å². The summed E-state index contributed by atoms with van der Waals surface area (Å²) >= 11 is 0. The Morgan fingerprint density at radius 3 is 2.77 bits per heavy atom. The number of hydrogen-bond acceptors (Lipinski definition) is 8. The first-order chi connectivity index (χ1) is 14.3. The van der Waals surface area contributed by atoms with E-state index in [0.29, 0.717) is 19.3 Å². The normalized spacial score (nSPS) is 14.8. The Morgan fingerprint density at radius 1 is 1.37 bits per heavy atom. The number of aromatic nitrogens is 1. The van der Waals surface area contributed by atoms with Crippen molar-refractivity contribution in [2.24, 2.45) is 0 Å². The number of aliphatic hydroxyl groups is 1. The third-order valence-electron chi connectivity index (χ3n) is 3.61. The number of hydrogen-bond donors (Lipinski definition) is 5. The van der Waals surface area contributed by atoms with Crippen LogP contribution < -0.4 is 16.0 Å². The third-order valence-corrected chi connectivity index (χ3v) is 4.75. The number of carbonyl (C=O) groups is 3. The largest absolute Gasteiger partial charge is 0.472 e. The number of nitrogens with zero attached hydrogens (tertiary/aromatic N) is 1. The van der Waals surface area contributed by atoms with Crippen molar-refractivity contribution in [2.45, 2.75) is 31.9 Å². The first kappa shape index (κ1) is 25.7. The highest BCUT2D eigenvalue weighted by molar-refractivity contribution is 7.47. The summed E-state index contributed by atoms with van der Waals surface area (Å²) in [6.07, 6.45) is 2.13. The number of nitrogens with one attached hydrogen (secondary N) is 3. The van der Waals surface area contributed by atoms with Gasteiger partial charge in [-0.05, 0) is 31.9 Å². The minimum Gasteiger partial charge on any atom is -0.394 e. The fourth-order valence-corrected chi connectivity index (χ4v) is 3.17. The summed E-state index contributed by atoms with van der Waals surface area (Å²) in [5.41, 5.74) is 0.832. The number of rotatable bonds is 15. The van der Waals surface area contributed by atoms with Crippen LogP contribution in [0.25, 0.3) is 0 Å². The predicted molar refractivity (Wildman–Crippen MR) is 105 cm³/mol. The van der Waals surface area contributed by atoms with Crippen LogP contribution in [0.1, 0.15) is 19.0 Å². The summed E-state index contributed by atoms with van der Waals surface area (Å²) < 4.78 is 21.8. The fraction of sp³-hybridized carbons (Fsp3) is 0.529. The molecule has 3 amide bonds. The van der Waals surface area contributed by atoms with Crippen molar-refractivity contribution in [2.75, 3.05) is 26.3 Å². The minimum absolute atomic E-state index is 0.0170. The van der Waals surface area contributed by atoms with E-state index < -0.39 is 38.4 Å². The number of aryl methyl sites for hydroxylation is 1.